The first-order valence-electron chi connectivity index (χ1n) is 10.2. The highest BCUT2D eigenvalue weighted by Crippen LogP contribution is 2.20. The number of aliphatic imine (C=N–C) groups is 1. The Kier molecular flexibility index (Phi) is 9.97. The number of halogens is 3. The molecule has 3 rings (SSSR count). The Hall–Kier alpha value is -1.74. The summed E-state index contributed by atoms with van der Waals surface area (Å²) in [6.07, 6.45) is 2.62. The van der Waals surface area contributed by atoms with Crippen molar-refractivity contribution in [2.75, 3.05) is 20.1 Å². The third-order valence-electron chi connectivity index (χ3n) is 5.44. The number of hydrogen-bond donors (Lipinski definition) is 2. The van der Waals surface area contributed by atoms with E-state index in [0.717, 1.165) is 38.0 Å². The van der Waals surface area contributed by atoms with Gasteiger partial charge in [-0.2, -0.15) is 0 Å². The van der Waals surface area contributed by atoms with Crippen molar-refractivity contribution in [1.82, 2.24) is 15.5 Å². The van der Waals surface area contributed by atoms with Crippen LogP contribution in [0.4, 0.5) is 8.78 Å². The van der Waals surface area contributed by atoms with E-state index in [4.69, 9.17) is 0 Å². The highest BCUT2D eigenvalue weighted by molar-refractivity contribution is 14.0. The SMILES string of the molecule is CN=C(NCCc1cc(F)cc(F)c1)NC1CCN(Cc2ccccc2)C(C)C1.I. The van der Waals surface area contributed by atoms with Crippen LogP contribution in [-0.4, -0.2) is 43.1 Å². The van der Waals surface area contributed by atoms with Crippen molar-refractivity contribution >= 4 is 29.9 Å². The molecule has 1 heterocycles. The molecule has 4 nitrogen and oxygen atoms in total. The molecule has 2 aromatic carbocycles. The van der Waals surface area contributed by atoms with Gasteiger partial charge in [-0.15, -0.1) is 24.0 Å². The van der Waals surface area contributed by atoms with Crippen LogP contribution in [0.25, 0.3) is 0 Å². The van der Waals surface area contributed by atoms with E-state index in [1.54, 1.807) is 7.05 Å². The molecule has 0 saturated carbocycles. The smallest absolute Gasteiger partial charge is 0.191 e. The third-order valence-corrected chi connectivity index (χ3v) is 5.44. The zero-order valence-corrected chi connectivity index (χ0v) is 19.9. The van der Waals surface area contributed by atoms with E-state index in [0.29, 0.717) is 30.6 Å². The summed E-state index contributed by atoms with van der Waals surface area (Å²) in [6, 6.07) is 15.0. The van der Waals surface area contributed by atoms with Gasteiger partial charge in [0.05, 0.1) is 0 Å². The predicted octanol–water partition coefficient (Wildman–Crippen LogP) is 4.34. The molecular formula is C23H31F2IN4. The second kappa shape index (κ2) is 12.2. The maximum Gasteiger partial charge on any atom is 0.191 e. The molecule has 2 N–H and O–H groups in total. The Bertz CT molecular complexity index is 796. The van der Waals surface area contributed by atoms with Crippen LogP contribution in [0, 0.1) is 11.6 Å². The molecule has 30 heavy (non-hydrogen) atoms. The van der Waals surface area contributed by atoms with Crippen LogP contribution in [0.15, 0.2) is 53.5 Å². The highest BCUT2D eigenvalue weighted by atomic mass is 127. The monoisotopic (exact) mass is 528 g/mol. The minimum atomic E-state index is -0.543. The summed E-state index contributed by atoms with van der Waals surface area (Å²) in [5.74, 6) is -0.354. The Morgan fingerprint density at radius 1 is 1.10 bits per heavy atom. The Morgan fingerprint density at radius 3 is 2.43 bits per heavy atom. The van der Waals surface area contributed by atoms with Gasteiger partial charge in [-0.05, 0) is 49.4 Å². The molecule has 1 aliphatic heterocycles. The number of nitrogens with one attached hydrogen (secondary N) is 2. The van der Waals surface area contributed by atoms with Crippen LogP contribution in [0.5, 0.6) is 0 Å². The van der Waals surface area contributed by atoms with Crippen LogP contribution in [0.3, 0.4) is 0 Å². The largest absolute Gasteiger partial charge is 0.356 e. The van der Waals surface area contributed by atoms with Gasteiger partial charge in [0.25, 0.3) is 0 Å². The molecule has 1 aliphatic rings. The normalized spacial score (nSPS) is 19.8. The molecule has 2 atom stereocenters. The number of likely N-dealkylation sites (tertiary alicyclic amines) is 1. The van der Waals surface area contributed by atoms with Crippen molar-refractivity contribution in [2.24, 2.45) is 4.99 Å². The molecule has 1 fully saturated rings. The number of hydrogen-bond acceptors (Lipinski definition) is 2. The molecule has 2 aromatic rings. The molecule has 0 aromatic heterocycles. The minimum absolute atomic E-state index is 0. The van der Waals surface area contributed by atoms with Crippen molar-refractivity contribution in [3.05, 3.63) is 71.3 Å². The topological polar surface area (TPSA) is 39.7 Å². The average molecular weight is 528 g/mol. The molecule has 7 heteroatoms. The first kappa shape index (κ1) is 24.5. The summed E-state index contributed by atoms with van der Waals surface area (Å²) in [7, 11) is 1.74. The van der Waals surface area contributed by atoms with Crippen molar-refractivity contribution in [3.63, 3.8) is 0 Å². The standard InChI is InChI=1S/C23H30F2N4.HI/c1-17-12-22(9-11-29(17)16-18-6-4-3-5-7-18)28-23(26-2)27-10-8-19-13-20(24)15-21(25)14-19;/h3-7,13-15,17,22H,8-12,16H2,1-2H3,(H2,26,27,28);1H. The van der Waals surface area contributed by atoms with Gasteiger partial charge in [0.15, 0.2) is 5.96 Å². The maximum atomic E-state index is 13.3. The molecule has 0 bridgehead atoms. The van der Waals surface area contributed by atoms with Gasteiger partial charge in [0, 0.05) is 44.8 Å². The summed E-state index contributed by atoms with van der Waals surface area (Å²) in [5.41, 5.74) is 1.98. The summed E-state index contributed by atoms with van der Waals surface area (Å²) < 4.78 is 26.6. The van der Waals surface area contributed by atoms with Crippen LogP contribution in [-0.2, 0) is 13.0 Å². The Labute approximate surface area is 195 Å². The highest BCUT2D eigenvalue weighted by Gasteiger charge is 2.25. The van der Waals surface area contributed by atoms with Gasteiger partial charge >= 0.3 is 0 Å². The predicted molar refractivity (Wildman–Crippen MR) is 129 cm³/mol. The number of guanidine groups is 1. The van der Waals surface area contributed by atoms with Crippen molar-refractivity contribution in [1.29, 1.82) is 0 Å². The number of nitrogens with zero attached hydrogens (tertiary/aromatic N) is 2. The van der Waals surface area contributed by atoms with E-state index in [-0.39, 0.29) is 24.0 Å². The van der Waals surface area contributed by atoms with Gasteiger partial charge in [0.2, 0.25) is 0 Å². The van der Waals surface area contributed by atoms with E-state index < -0.39 is 11.6 Å². The molecular weight excluding hydrogens is 497 g/mol. The second-order valence-corrected chi connectivity index (χ2v) is 7.70. The maximum absolute atomic E-state index is 13.3. The van der Waals surface area contributed by atoms with Gasteiger partial charge in [0.1, 0.15) is 11.6 Å². The van der Waals surface area contributed by atoms with Crippen molar-refractivity contribution in [3.8, 4) is 0 Å². The zero-order valence-electron chi connectivity index (χ0n) is 17.6. The molecule has 1 saturated heterocycles. The lowest BCUT2D eigenvalue weighted by Gasteiger charge is -2.38. The van der Waals surface area contributed by atoms with Crippen LogP contribution in [0.1, 0.15) is 30.9 Å². The molecule has 2 unspecified atom stereocenters. The lowest BCUT2D eigenvalue weighted by molar-refractivity contribution is 0.134. The Morgan fingerprint density at radius 2 is 1.80 bits per heavy atom. The summed E-state index contributed by atoms with van der Waals surface area (Å²) in [4.78, 5) is 6.81. The molecule has 164 valence electrons. The third kappa shape index (κ3) is 7.50. The van der Waals surface area contributed by atoms with E-state index in [9.17, 15) is 8.78 Å². The molecule has 0 aliphatic carbocycles. The van der Waals surface area contributed by atoms with E-state index >= 15 is 0 Å². The fourth-order valence-corrected chi connectivity index (χ4v) is 3.87. The van der Waals surface area contributed by atoms with E-state index in [1.807, 2.05) is 6.07 Å². The minimum Gasteiger partial charge on any atom is -0.356 e. The van der Waals surface area contributed by atoms with Gasteiger partial charge < -0.3 is 10.6 Å². The van der Waals surface area contributed by atoms with Crippen molar-refractivity contribution in [2.45, 2.75) is 44.8 Å². The van der Waals surface area contributed by atoms with Crippen LogP contribution >= 0.6 is 24.0 Å². The van der Waals surface area contributed by atoms with Crippen LogP contribution < -0.4 is 10.6 Å². The molecule has 0 radical (unpaired) electrons. The summed E-state index contributed by atoms with van der Waals surface area (Å²) >= 11 is 0. The lowest BCUT2D eigenvalue weighted by atomic mass is 9.97. The van der Waals surface area contributed by atoms with Crippen LogP contribution in [0.2, 0.25) is 0 Å². The van der Waals surface area contributed by atoms with E-state index in [2.05, 4.69) is 51.7 Å². The lowest BCUT2D eigenvalue weighted by Crippen LogP contribution is -2.51. The zero-order chi connectivity index (χ0) is 20.6. The number of benzene rings is 2. The van der Waals surface area contributed by atoms with Gasteiger partial charge in [-0.25, -0.2) is 8.78 Å². The fraction of sp³-hybridized carbons (Fsp3) is 0.435. The first-order chi connectivity index (χ1) is 14.0. The average Bonchev–Trinajstić information content (AvgIpc) is 2.69. The quantitative estimate of drug-likeness (QED) is 0.333. The summed E-state index contributed by atoms with van der Waals surface area (Å²) in [5, 5.41) is 6.74. The Balaban J connectivity index is 0.00000320. The van der Waals surface area contributed by atoms with Crippen molar-refractivity contribution < 1.29 is 8.78 Å². The van der Waals surface area contributed by atoms with E-state index in [1.165, 1.54) is 17.7 Å². The number of piperidine rings is 1. The second-order valence-electron chi connectivity index (χ2n) is 7.70. The molecule has 0 spiro atoms. The fourth-order valence-electron chi connectivity index (χ4n) is 3.87. The summed E-state index contributed by atoms with van der Waals surface area (Å²) in [6.45, 7) is 4.84. The molecule has 0 amide bonds. The first-order valence-corrected chi connectivity index (χ1v) is 10.2. The van der Waals surface area contributed by atoms with Gasteiger partial charge in [-0.3, -0.25) is 9.89 Å². The van der Waals surface area contributed by atoms with Gasteiger partial charge in [-0.1, -0.05) is 30.3 Å². The number of rotatable bonds is 6.